The minimum Gasteiger partial charge on any atom is -0.0769 e. The number of rotatable bonds is 3. The molecular formula is C14H20. The zero-order chi connectivity index (χ0) is 10.6. The molecule has 14 heavy (non-hydrogen) atoms. The number of hydrogen-bond acceptors (Lipinski definition) is 0. The van der Waals surface area contributed by atoms with Crippen LogP contribution in [0.25, 0.3) is 0 Å². The van der Waals surface area contributed by atoms with E-state index in [4.69, 9.17) is 0 Å². The fraction of sp³-hybridized carbons (Fsp3) is 0.429. The van der Waals surface area contributed by atoms with Crippen LogP contribution in [0.4, 0.5) is 0 Å². The summed E-state index contributed by atoms with van der Waals surface area (Å²) in [6.07, 6.45) is 11.4. The van der Waals surface area contributed by atoms with Crippen molar-refractivity contribution in [2.45, 2.75) is 40.5 Å². The molecule has 0 radical (unpaired) electrons. The predicted octanol–water partition coefficient (Wildman–Crippen LogP) is 4.57. The van der Waals surface area contributed by atoms with Crippen LogP contribution in [0.15, 0.2) is 46.6 Å². The monoisotopic (exact) mass is 188 g/mol. The third kappa shape index (κ3) is 3.02. The maximum Gasteiger partial charge on any atom is -0.0154 e. The second-order valence-electron chi connectivity index (χ2n) is 4.09. The van der Waals surface area contributed by atoms with Crippen LogP contribution in [0.1, 0.15) is 40.5 Å². The van der Waals surface area contributed by atoms with Gasteiger partial charge >= 0.3 is 0 Å². The van der Waals surface area contributed by atoms with Gasteiger partial charge < -0.3 is 0 Å². The van der Waals surface area contributed by atoms with Gasteiger partial charge in [-0.25, -0.2) is 0 Å². The van der Waals surface area contributed by atoms with Gasteiger partial charge in [0.25, 0.3) is 0 Å². The molecule has 0 nitrogen and oxygen atoms in total. The quantitative estimate of drug-likeness (QED) is 0.569. The van der Waals surface area contributed by atoms with Crippen LogP contribution in [0, 0.1) is 0 Å². The molecule has 0 aliphatic heterocycles. The standard InChI is InChI=1S/C14H20/c1-5-13-7-6-8-14(13)10-12(4)9-11(2)3/h7-10H,5-6H2,1-4H3. The Kier molecular flexibility index (Phi) is 3.94. The largest absolute Gasteiger partial charge is 0.0769 e. The molecule has 0 heteroatoms. The van der Waals surface area contributed by atoms with Gasteiger partial charge in [0.15, 0.2) is 0 Å². The predicted molar refractivity (Wildman–Crippen MR) is 64.3 cm³/mol. The van der Waals surface area contributed by atoms with E-state index in [-0.39, 0.29) is 0 Å². The molecule has 0 aromatic heterocycles. The van der Waals surface area contributed by atoms with Crippen LogP contribution >= 0.6 is 0 Å². The Bertz CT molecular complexity index is 318. The highest BCUT2D eigenvalue weighted by Gasteiger charge is 2.04. The Morgan fingerprint density at radius 2 is 2.00 bits per heavy atom. The van der Waals surface area contributed by atoms with Crippen LogP contribution < -0.4 is 0 Å². The van der Waals surface area contributed by atoms with Crippen LogP contribution in [-0.2, 0) is 0 Å². The van der Waals surface area contributed by atoms with Crippen molar-refractivity contribution in [2.24, 2.45) is 0 Å². The van der Waals surface area contributed by atoms with Gasteiger partial charge in [0, 0.05) is 0 Å². The summed E-state index contributed by atoms with van der Waals surface area (Å²) in [5, 5.41) is 0. The lowest BCUT2D eigenvalue weighted by molar-refractivity contribution is 1.13. The van der Waals surface area contributed by atoms with E-state index in [0.29, 0.717) is 0 Å². The molecule has 0 atom stereocenters. The van der Waals surface area contributed by atoms with Crippen molar-refractivity contribution in [1.82, 2.24) is 0 Å². The van der Waals surface area contributed by atoms with Gasteiger partial charge in [0.1, 0.15) is 0 Å². The summed E-state index contributed by atoms with van der Waals surface area (Å²) in [4.78, 5) is 0. The molecule has 0 saturated heterocycles. The maximum atomic E-state index is 2.32. The number of allylic oxidation sites excluding steroid dienone is 8. The van der Waals surface area contributed by atoms with Crippen molar-refractivity contribution in [3.05, 3.63) is 46.6 Å². The van der Waals surface area contributed by atoms with Crippen LogP contribution in [0.5, 0.6) is 0 Å². The molecule has 0 unspecified atom stereocenters. The third-order valence-corrected chi connectivity index (χ3v) is 2.35. The number of hydrogen-bond donors (Lipinski definition) is 0. The van der Waals surface area contributed by atoms with E-state index >= 15 is 0 Å². The van der Waals surface area contributed by atoms with Crippen LogP contribution in [-0.4, -0.2) is 0 Å². The zero-order valence-electron chi connectivity index (χ0n) is 9.72. The lowest BCUT2D eigenvalue weighted by Crippen LogP contribution is -1.82. The molecule has 0 amide bonds. The fourth-order valence-corrected chi connectivity index (χ4v) is 1.82. The summed E-state index contributed by atoms with van der Waals surface area (Å²) >= 11 is 0. The van der Waals surface area contributed by atoms with Gasteiger partial charge in [-0.15, -0.1) is 0 Å². The minimum atomic E-state index is 1.11. The van der Waals surface area contributed by atoms with E-state index in [1.165, 1.54) is 22.3 Å². The lowest BCUT2D eigenvalue weighted by atomic mass is 10.0. The molecular weight excluding hydrogens is 168 g/mol. The van der Waals surface area contributed by atoms with E-state index in [9.17, 15) is 0 Å². The molecule has 0 aromatic rings. The van der Waals surface area contributed by atoms with Crippen molar-refractivity contribution in [3.63, 3.8) is 0 Å². The Labute approximate surface area is 87.7 Å². The first-order valence-corrected chi connectivity index (χ1v) is 5.36. The average Bonchev–Trinajstić information content (AvgIpc) is 2.50. The van der Waals surface area contributed by atoms with Crippen molar-refractivity contribution in [1.29, 1.82) is 0 Å². The zero-order valence-corrected chi connectivity index (χ0v) is 9.72. The normalized spacial score (nSPS) is 16.4. The first-order valence-electron chi connectivity index (χ1n) is 5.36. The van der Waals surface area contributed by atoms with Gasteiger partial charge in [-0.05, 0) is 44.8 Å². The fourth-order valence-electron chi connectivity index (χ4n) is 1.82. The van der Waals surface area contributed by atoms with Gasteiger partial charge in [-0.2, -0.15) is 0 Å². The molecule has 0 heterocycles. The molecule has 1 aliphatic carbocycles. The van der Waals surface area contributed by atoms with Crippen molar-refractivity contribution < 1.29 is 0 Å². The summed E-state index contributed by atoms with van der Waals surface area (Å²) in [7, 11) is 0. The van der Waals surface area contributed by atoms with Crippen molar-refractivity contribution in [3.8, 4) is 0 Å². The van der Waals surface area contributed by atoms with Crippen molar-refractivity contribution in [2.75, 3.05) is 0 Å². The first kappa shape index (κ1) is 11.0. The first-order chi connectivity index (χ1) is 6.63. The van der Waals surface area contributed by atoms with E-state index in [2.05, 4.69) is 52.0 Å². The average molecular weight is 188 g/mol. The molecule has 1 rings (SSSR count). The minimum absolute atomic E-state index is 1.11. The molecule has 0 aromatic carbocycles. The molecule has 1 aliphatic rings. The highest BCUT2D eigenvalue weighted by molar-refractivity contribution is 5.47. The smallest absolute Gasteiger partial charge is 0.0154 e. The summed E-state index contributed by atoms with van der Waals surface area (Å²) in [6, 6.07) is 0. The lowest BCUT2D eigenvalue weighted by Gasteiger charge is -2.02. The second kappa shape index (κ2) is 4.99. The molecule has 0 N–H and O–H groups in total. The Balaban J connectivity index is 2.78. The van der Waals surface area contributed by atoms with Gasteiger partial charge in [-0.3, -0.25) is 0 Å². The third-order valence-electron chi connectivity index (χ3n) is 2.35. The van der Waals surface area contributed by atoms with E-state index < -0.39 is 0 Å². The SMILES string of the molecule is CCC1=CCC=C1C=C(C)C=C(C)C. The topological polar surface area (TPSA) is 0 Å². The summed E-state index contributed by atoms with van der Waals surface area (Å²) in [5.41, 5.74) is 5.62. The van der Waals surface area contributed by atoms with Crippen LogP contribution in [0.2, 0.25) is 0 Å². The van der Waals surface area contributed by atoms with Gasteiger partial charge in [-0.1, -0.05) is 42.4 Å². The Hall–Kier alpha value is -1.04. The molecule has 0 bridgehead atoms. The molecule has 0 spiro atoms. The highest BCUT2D eigenvalue weighted by atomic mass is 14.1. The van der Waals surface area contributed by atoms with Gasteiger partial charge in [0.2, 0.25) is 0 Å². The van der Waals surface area contributed by atoms with E-state index in [0.717, 1.165) is 12.8 Å². The maximum absolute atomic E-state index is 2.32. The molecule has 0 saturated carbocycles. The highest BCUT2D eigenvalue weighted by Crippen LogP contribution is 2.24. The van der Waals surface area contributed by atoms with E-state index in [1.54, 1.807) is 0 Å². The molecule has 0 fully saturated rings. The summed E-state index contributed by atoms with van der Waals surface area (Å²) < 4.78 is 0. The van der Waals surface area contributed by atoms with E-state index in [1.807, 2.05) is 0 Å². The Morgan fingerprint density at radius 3 is 2.57 bits per heavy atom. The Morgan fingerprint density at radius 1 is 1.29 bits per heavy atom. The summed E-state index contributed by atoms with van der Waals surface area (Å²) in [5.74, 6) is 0. The van der Waals surface area contributed by atoms with Crippen LogP contribution in [0.3, 0.4) is 0 Å². The van der Waals surface area contributed by atoms with Crippen molar-refractivity contribution >= 4 is 0 Å². The second-order valence-corrected chi connectivity index (χ2v) is 4.09. The summed E-state index contributed by atoms with van der Waals surface area (Å²) in [6.45, 7) is 8.66. The molecule has 76 valence electrons. The van der Waals surface area contributed by atoms with Gasteiger partial charge in [0.05, 0.1) is 0 Å².